The lowest BCUT2D eigenvalue weighted by Crippen LogP contribution is -2.02. The van der Waals surface area contributed by atoms with E-state index in [4.69, 9.17) is 11.5 Å². The Labute approximate surface area is 136 Å². The van der Waals surface area contributed by atoms with Gasteiger partial charge >= 0.3 is 0 Å². The normalized spacial score (nSPS) is 17.8. The minimum atomic E-state index is 0.108. The van der Waals surface area contributed by atoms with Gasteiger partial charge in [-0.25, -0.2) is 4.98 Å². The van der Waals surface area contributed by atoms with Gasteiger partial charge in [-0.05, 0) is 31.0 Å². The molecule has 0 fully saturated rings. The van der Waals surface area contributed by atoms with Crippen LogP contribution in [0.1, 0.15) is 24.2 Å². The number of thioether (sulfide) groups is 1. The number of fused-ring (bicyclic) bond motifs is 3. The minimum Gasteiger partial charge on any atom is -0.383 e. The number of rotatable bonds is 2. The number of carbonyl (C=O) groups excluding carboxylic acids is 1. The molecule has 1 unspecified atom stereocenters. The van der Waals surface area contributed by atoms with Crippen LogP contribution < -0.4 is 11.5 Å². The molecule has 6 nitrogen and oxygen atoms in total. The number of aromatic nitrogens is 3. The lowest BCUT2D eigenvalue weighted by atomic mass is 10.0. The van der Waals surface area contributed by atoms with E-state index in [0.717, 1.165) is 38.7 Å². The standard InChI is InChI=1S/C16H15N5OS/c1-7(22)11-2-3-12(23-11)9-6-10-13(8-4-5-19-14(8)9)15(17)21-16(18)20-10/h2,4-6,12,19H,3H2,1H3,(H4,17,18,20,21). The molecule has 0 spiro atoms. The van der Waals surface area contributed by atoms with E-state index in [-0.39, 0.29) is 17.0 Å². The van der Waals surface area contributed by atoms with Crippen molar-refractivity contribution in [2.45, 2.75) is 18.6 Å². The first-order valence-corrected chi connectivity index (χ1v) is 8.13. The molecule has 0 radical (unpaired) electrons. The van der Waals surface area contributed by atoms with Gasteiger partial charge in [0.05, 0.1) is 16.4 Å². The Morgan fingerprint density at radius 1 is 1.39 bits per heavy atom. The van der Waals surface area contributed by atoms with Crippen molar-refractivity contribution in [3.05, 3.63) is 34.9 Å². The van der Waals surface area contributed by atoms with Crippen LogP contribution in [0.25, 0.3) is 21.8 Å². The molecule has 1 aliphatic heterocycles. The van der Waals surface area contributed by atoms with Gasteiger partial charge in [0.15, 0.2) is 5.78 Å². The van der Waals surface area contributed by atoms with Crippen LogP contribution in [0, 0.1) is 0 Å². The second-order valence-corrected chi connectivity index (χ2v) is 6.80. The van der Waals surface area contributed by atoms with Crippen molar-refractivity contribution in [2.24, 2.45) is 0 Å². The zero-order valence-electron chi connectivity index (χ0n) is 12.5. The molecule has 0 saturated heterocycles. The molecule has 3 aromatic rings. The van der Waals surface area contributed by atoms with E-state index in [1.807, 2.05) is 24.4 Å². The molecule has 3 heterocycles. The number of hydrogen-bond donors (Lipinski definition) is 3. The summed E-state index contributed by atoms with van der Waals surface area (Å²) in [7, 11) is 0. The topological polar surface area (TPSA) is 111 Å². The summed E-state index contributed by atoms with van der Waals surface area (Å²) in [4.78, 5) is 24.1. The molecular weight excluding hydrogens is 310 g/mol. The van der Waals surface area contributed by atoms with Crippen LogP contribution in [0.4, 0.5) is 11.8 Å². The van der Waals surface area contributed by atoms with Crippen molar-refractivity contribution in [2.75, 3.05) is 11.5 Å². The third kappa shape index (κ3) is 2.16. The predicted octanol–water partition coefficient (Wildman–Crippen LogP) is 2.93. The molecule has 0 bridgehead atoms. The predicted molar refractivity (Wildman–Crippen MR) is 93.9 cm³/mol. The summed E-state index contributed by atoms with van der Waals surface area (Å²) in [6, 6.07) is 3.97. The van der Waals surface area contributed by atoms with Crippen molar-refractivity contribution in [3.63, 3.8) is 0 Å². The summed E-state index contributed by atoms with van der Waals surface area (Å²) in [5, 5.41) is 1.96. The van der Waals surface area contributed by atoms with Crippen molar-refractivity contribution in [3.8, 4) is 0 Å². The molecule has 1 atom stereocenters. The highest BCUT2D eigenvalue weighted by Crippen LogP contribution is 2.47. The van der Waals surface area contributed by atoms with Crippen LogP contribution in [0.2, 0.25) is 0 Å². The number of nitrogens with one attached hydrogen (secondary N) is 1. The zero-order chi connectivity index (χ0) is 16.1. The average molecular weight is 325 g/mol. The molecule has 0 saturated carbocycles. The van der Waals surface area contributed by atoms with E-state index in [0.29, 0.717) is 5.82 Å². The number of anilines is 2. The Morgan fingerprint density at radius 3 is 2.96 bits per heavy atom. The number of Topliss-reactive ketones (excluding diaryl/α,β-unsaturated/α-hetero) is 1. The maximum atomic E-state index is 11.6. The van der Waals surface area contributed by atoms with Gasteiger partial charge in [-0.1, -0.05) is 6.08 Å². The van der Waals surface area contributed by atoms with Gasteiger partial charge in [-0.3, -0.25) is 4.79 Å². The second-order valence-electron chi connectivity index (χ2n) is 5.56. The van der Waals surface area contributed by atoms with Crippen LogP contribution in [-0.4, -0.2) is 20.7 Å². The molecule has 23 heavy (non-hydrogen) atoms. The maximum absolute atomic E-state index is 11.6. The van der Waals surface area contributed by atoms with Crippen molar-refractivity contribution in [1.29, 1.82) is 0 Å². The second kappa shape index (κ2) is 4.99. The van der Waals surface area contributed by atoms with Gasteiger partial charge in [-0.2, -0.15) is 4.98 Å². The highest BCUT2D eigenvalue weighted by Gasteiger charge is 2.25. The number of nitrogens with zero attached hydrogens (tertiary/aromatic N) is 2. The molecule has 0 amide bonds. The van der Waals surface area contributed by atoms with E-state index < -0.39 is 0 Å². The Bertz CT molecular complexity index is 991. The molecule has 4 rings (SSSR count). The molecule has 116 valence electrons. The number of nitrogens with two attached hydrogens (primary N) is 2. The first-order chi connectivity index (χ1) is 11.0. The third-order valence-electron chi connectivity index (χ3n) is 4.06. The number of ketones is 1. The monoisotopic (exact) mass is 325 g/mol. The maximum Gasteiger partial charge on any atom is 0.222 e. The Kier molecular flexibility index (Phi) is 3.05. The summed E-state index contributed by atoms with van der Waals surface area (Å²) in [6.45, 7) is 1.60. The molecule has 1 aromatic carbocycles. The van der Waals surface area contributed by atoms with E-state index >= 15 is 0 Å². The highest BCUT2D eigenvalue weighted by atomic mass is 32.2. The van der Waals surface area contributed by atoms with Gasteiger partial charge in [0.2, 0.25) is 5.95 Å². The van der Waals surface area contributed by atoms with Crippen LogP contribution in [-0.2, 0) is 4.79 Å². The first-order valence-electron chi connectivity index (χ1n) is 7.25. The average Bonchev–Trinajstić information content (AvgIpc) is 3.15. The van der Waals surface area contributed by atoms with Crippen LogP contribution >= 0.6 is 11.8 Å². The number of H-pyrrole nitrogens is 1. The van der Waals surface area contributed by atoms with Gasteiger partial charge in [0, 0.05) is 21.7 Å². The third-order valence-corrected chi connectivity index (χ3v) is 5.50. The zero-order valence-corrected chi connectivity index (χ0v) is 13.3. The highest BCUT2D eigenvalue weighted by molar-refractivity contribution is 8.04. The summed E-state index contributed by atoms with van der Waals surface area (Å²) < 4.78 is 0. The van der Waals surface area contributed by atoms with E-state index in [2.05, 4.69) is 15.0 Å². The number of aromatic amines is 1. The van der Waals surface area contributed by atoms with Crippen LogP contribution in [0.15, 0.2) is 29.3 Å². The Balaban J connectivity index is 1.93. The van der Waals surface area contributed by atoms with E-state index in [9.17, 15) is 4.79 Å². The molecule has 0 aliphatic carbocycles. The minimum absolute atomic E-state index is 0.108. The quantitative estimate of drug-likeness (QED) is 0.668. The van der Waals surface area contributed by atoms with Crippen molar-refractivity contribution < 1.29 is 4.79 Å². The van der Waals surface area contributed by atoms with Gasteiger partial charge in [-0.15, -0.1) is 11.8 Å². The lowest BCUT2D eigenvalue weighted by Gasteiger charge is -2.14. The Morgan fingerprint density at radius 2 is 2.22 bits per heavy atom. The number of carbonyl (C=O) groups is 1. The molecular formula is C16H15N5OS. The number of allylic oxidation sites excluding steroid dienone is 2. The van der Waals surface area contributed by atoms with Gasteiger partial charge in [0.1, 0.15) is 5.82 Å². The molecule has 1 aliphatic rings. The first kappa shape index (κ1) is 14.1. The smallest absolute Gasteiger partial charge is 0.222 e. The van der Waals surface area contributed by atoms with Crippen LogP contribution in [0.3, 0.4) is 0 Å². The van der Waals surface area contributed by atoms with Crippen LogP contribution in [0.5, 0.6) is 0 Å². The number of hydrogen-bond acceptors (Lipinski definition) is 6. The lowest BCUT2D eigenvalue weighted by molar-refractivity contribution is -0.112. The summed E-state index contributed by atoms with van der Waals surface area (Å²) >= 11 is 1.59. The van der Waals surface area contributed by atoms with E-state index in [1.54, 1.807) is 18.7 Å². The molecule has 7 heteroatoms. The SMILES string of the molecule is CC(=O)C1=CCC(c2cc3nc(N)nc(N)c3c3cc[nH]c23)S1. The van der Waals surface area contributed by atoms with Crippen molar-refractivity contribution in [1.82, 2.24) is 15.0 Å². The fraction of sp³-hybridized carbons (Fsp3) is 0.188. The summed E-state index contributed by atoms with van der Waals surface area (Å²) in [6.07, 6.45) is 4.69. The summed E-state index contributed by atoms with van der Waals surface area (Å²) in [5.74, 6) is 0.652. The van der Waals surface area contributed by atoms with Gasteiger partial charge in [0.25, 0.3) is 0 Å². The Hall–Kier alpha value is -2.54. The molecule has 2 aromatic heterocycles. The molecule has 5 N–H and O–H groups in total. The fourth-order valence-electron chi connectivity index (χ4n) is 3.07. The van der Waals surface area contributed by atoms with Gasteiger partial charge < -0.3 is 16.5 Å². The number of benzene rings is 1. The fourth-order valence-corrected chi connectivity index (χ4v) is 4.24. The summed E-state index contributed by atoms with van der Waals surface area (Å²) in [5.41, 5.74) is 14.6. The van der Waals surface area contributed by atoms with Crippen molar-refractivity contribution >= 4 is 51.1 Å². The largest absolute Gasteiger partial charge is 0.383 e. The number of nitrogen functional groups attached to an aromatic ring is 2. The van der Waals surface area contributed by atoms with E-state index in [1.165, 1.54) is 0 Å².